The zero-order chi connectivity index (χ0) is 9.26. The summed E-state index contributed by atoms with van der Waals surface area (Å²) in [6, 6.07) is 0. The monoisotopic (exact) mass is 181 g/mol. The van der Waals surface area contributed by atoms with Crippen LogP contribution >= 0.6 is 0 Å². The number of nitrogens with zero attached hydrogens (tertiary/aromatic N) is 2. The fourth-order valence-corrected chi connectivity index (χ4v) is 1.34. The van der Waals surface area contributed by atoms with Crippen molar-refractivity contribution in [3.63, 3.8) is 0 Å². The Balaban J connectivity index is 2.00. The van der Waals surface area contributed by atoms with Crippen molar-refractivity contribution >= 4 is 0 Å². The van der Waals surface area contributed by atoms with Crippen molar-refractivity contribution in [2.24, 2.45) is 5.92 Å². The van der Waals surface area contributed by atoms with E-state index < -0.39 is 0 Å². The molecule has 0 amide bonds. The van der Waals surface area contributed by atoms with Gasteiger partial charge in [-0.3, -0.25) is 0 Å². The predicted octanol–water partition coefficient (Wildman–Crippen LogP) is 0.955. The summed E-state index contributed by atoms with van der Waals surface area (Å²) in [5, 5.41) is 7.15. The third-order valence-corrected chi connectivity index (χ3v) is 2.21. The smallest absolute Gasteiger partial charge is 0.226 e. The molecule has 2 rings (SSSR count). The van der Waals surface area contributed by atoms with Crippen LogP contribution in [0.1, 0.15) is 31.5 Å². The summed E-state index contributed by atoms with van der Waals surface area (Å²) in [5.41, 5.74) is 0. The van der Waals surface area contributed by atoms with Gasteiger partial charge in [-0.05, 0) is 5.92 Å². The highest BCUT2D eigenvalue weighted by molar-refractivity contribution is 5.02. The van der Waals surface area contributed by atoms with Crippen molar-refractivity contribution in [1.82, 2.24) is 15.5 Å². The molecule has 0 bridgehead atoms. The lowest BCUT2D eigenvalue weighted by Gasteiger charge is -2.23. The molecule has 0 aliphatic carbocycles. The topological polar surface area (TPSA) is 51.0 Å². The Kier molecular flexibility index (Phi) is 2.31. The molecule has 1 saturated heterocycles. The first-order chi connectivity index (χ1) is 6.25. The predicted molar refractivity (Wildman–Crippen MR) is 48.5 cm³/mol. The second kappa shape index (κ2) is 3.46. The lowest BCUT2D eigenvalue weighted by atomic mass is 10.0. The van der Waals surface area contributed by atoms with Gasteiger partial charge in [-0.25, -0.2) is 0 Å². The van der Waals surface area contributed by atoms with Gasteiger partial charge in [0.15, 0.2) is 5.82 Å². The van der Waals surface area contributed by atoms with E-state index in [0.29, 0.717) is 11.8 Å². The summed E-state index contributed by atoms with van der Waals surface area (Å²) in [6.45, 7) is 6.27. The average Bonchev–Trinajstić information content (AvgIpc) is 2.31. The van der Waals surface area contributed by atoms with Gasteiger partial charge in [0.25, 0.3) is 0 Å². The molecule has 2 heterocycles. The lowest BCUT2D eigenvalue weighted by Crippen LogP contribution is -2.40. The lowest BCUT2D eigenvalue weighted by molar-refractivity contribution is 0.346. The van der Waals surface area contributed by atoms with Gasteiger partial charge in [0.2, 0.25) is 5.89 Å². The van der Waals surface area contributed by atoms with E-state index >= 15 is 0 Å². The van der Waals surface area contributed by atoms with E-state index in [-0.39, 0.29) is 0 Å². The highest BCUT2D eigenvalue weighted by atomic mass is 16.5. The summed E-state index contributed by atoms with van der Waals surface area (Å²) in [4.78, 5) is 4.35. The van der Waals surface area contributed by atoms with Crippen molar-refractivity contribution in [1.29, 1.82) is 0 Å². The van der Waals surface area contributed by atoms with E-state index in [0.717, 1.165) is 31.2 Å². The zero-order valence-electron chi connectivity index (χ0n) is 8.08. The molecule has 72 valence electrons. The van der Waals surface area contributed by atoms with E-state index in [9.17, 15) is 0 Å². The summed E-state index contributed by atoms with van der Waals surface area (Å²) >= 11 is 0. The average molecular weight is 181 g/mol. The highest BCUT2D eigenvalue weighted by Gasteiger charge is 2.24. The van der Waals surface area contributed by atoms with Crippen molar-refractivity contribution in [3.05, 3.63) is 11.7 Å². The molecule has 0 atom stereocenters. The fourth-order valence-electron chi connectivity index (χ4n) is 1.34. The van der Waals surface area contributed by atoms with Crippen LogP contribution in [-0.2, 0) is 6.42 Å². The molecule has 4 nitrogen and oxygen atoms in total. The van der Waals surface area contributed by atoms with Crippen LogP contribution in [0.25, 0.3) is 0 Å². The maximum Gasteiger partial charge on any atom is 0.226 e. The van der Waals surface area contributed by atoms with Gasteiger partial charge in [0.1, 0.15) is 0 Å². The molecule has 13 heavy (non-hydrogen) atoms. The number of rotatable bonds is 3. The minimum absolute atomic E-state index is 0.477. The van der Waals surface area contributed by atoms with Gasteiger partial charge in [-0.2, -0.15) is 4.98 Å². The maximum absolute atomic E-state index is 5.14. The summed E-state index contributed by atoms with van der Waals surface area (Å²) in [6.07, 6.45) is 0.882. The van der Waals surface area contributed by atoms with Crippen molar-refractivity contribution in [3.8, 4) is 0 Å². The van der Waals surface area contributed by atoms with Gasteiger partial charge in [0.05, 0.1) is 0 Å². The van der Waals surface area contributed by atoms with Gasteiger partial charge in [-0.1, -0.05) is 19.0 Å². The van der Waals surface area contributed by atoms with Crippen molar-refractivity contribution in [2.45, 2.75) is 26.2 Å². The number of hydrogen-bond acceptors (Lipinski definition) is 4. The van der Waals surface area contributed by atoms with Crippen LogP contribution < -0.4 is 5.32 Å². The van der Waals surface area contributed by atoms with Gasteiger partial charge >= 0.3 is 0 Å². The molecular formula is C9H15N3O. The quantitative estimate of drug-likeness (QED) is 0.754. The molecular weight excluding hydrogens is 166 g/mol. The van der Waals surface area contributed by atoms with Crippen LogP contribution in [0.3, 0.4) is 0 Å². The normalized spacial score (nSPS) is 17.8. The first kappa shape index (κ1) is 8.69. The molecule has 1 aliphatic heterocycles. The van der Waals surface area contributed by atoms with E-state index in [1.165, 1.54) is 0 Å². The Labute approximate surface area is 77.7 Å². The SMILES string of the molecule is CC(C)Cc1nc(C2CNC2)no1. The zero-order valence-corrected chi connectivity index (χ0v) is 8.08. The second-order valence-electron chi connectivity index (χ2n) is 4.00. The molecule has 1 aromatic heterocycles. The van der Waals surface area contributed by atoms with E-state index in [1.807, 2.05) is 0 Å². The summed E-state index contributed by atoms with van der Waals surface area (Å²) in [7, 11) is 0. The fraction of sp³-hybridized carbons (Fsp3) is 0.778. The standard InChI is InChI=1S/C9H15N3O/c1-6(2)3-8-11-9(12-13-8)7-4-10-5-7/h6-7,10H,3-5H2,1-2H3. The Morgan fingerprint density at radius 2 is 2.31 bits per heavy atom. The molecule has 0 spiro atoms. The molecule has 0 saturated carbocycles. The highest BCUT2D eigenvalue weighted by Crippen LogP contribution is 2.17. The Bertz CT molecular complexity index is 278. The molecule has 1 aromatic rings. The third-order valence-electron chi connectivity index (χ3n) is 2.21. The number of hydrogen-bond donors (Lipinski definition) is 1. The summed E-state index contributed by atoms with van der Waals surface area (Å²) < 4.78 is 5.14. The molecule has 0 aromatic carbocycles. The van der Waals surface area contributed by atoms with Gasteiger partial charge in [-0.15, -0.1) is 0 Å². The van der Waals surface area contributed by atoms with Crippen LogP contribution in [0.4, 0.5) is 0 Å². The number of aromatic nitrogens is 2. The first-order valence-electron chi connectivity index (χ1n) is 4.79. The van der Waals surface area contributed by atoms with Crippen LogP contribution in [0, 0.1) is 5.92 Å². The van der Waals surface area contributed by atoms with Crippen molar-refractivity contribution < 1.29 is 4.52 Å². The van der Waals surface area contributed by atoms with E-state index in [4.69, 9.17) is 4.52 Å². The molecule has 1 N–H and O–H groups in total. The molecule has 4 heteroatoms. The Morgan fingerprint density at radius 3 is 2.85 bits per heavy atom. The molecule has 1 fully saturated rings. The molecule has 1 aliphatic rings. The second-order valence-corrected chi connectivity index (χ2v) is 4.00. The van der Waals surface area contributed by atoms with Crippen LogP contribution in [0.5, 0.6) is 0 Å². The third kappa shape index (κ3) is 1.88. The minimum atomic E-state index is 0.477. The molecule has 0 radical (unpaired) electrons. The largest absolute Gasteiger partial charge is 0.339 e. The number of nitrogens with one attached hydrogen (secondary N) is 1. The minimum Gasteiger partial charge on any atom is -0.339 e. The van der Waals surface area contributed by atoms with Crippen LogP contribution in [0.2, 0.25) is 0 Å². The maximum atomic E-state index is 5.14. The van der Waals surface area contributed by atoms with Crippen LogP contribution in [0.15, 0.2) is 4.52 Å². The van der Waals surface area contributed by atoms with E-state index in [2.05, 4.69) is 29.3 Å². The van der Waals surface area contributed by atoms with Gasteiger partial charge in [0, 0.05) is 25.4 Å². The first-order valence-corrected chi connectivity index (χ1v) is 4.79. The Morgan fingerprint density at radius 1 is 1.54 bits per heavy atom. The van der Waals surface area contributed by atoms with Crippen molar-refractivity contribution in [2.75, 3.05) is 13.1 Å². The summed E-state index contributed by atoms with van der Waals surface area (Å²) in [5.74, 6) is 2.70. The van der Waals surface area contributed by atoms with Crippen LogP contribution in [-0.4, -0.2) is 23.2 Å². The Hall–Kier alpha value is -0.900. The molecule has 0 unspecified atom stereocenters. The van der Waals surface area contributed by atoms with E-state index in [1.54, 1.807) is 0 Å². The van der Waals surface area contributed by atoms with Gasteiger partial charge < -0.3 is 9.84 Å².